The van der Waals surface area contributed by atoms with E-state index in [0.29, 0.717) is 5.56 Å². The van der Waals surface area contributed by atoms with Crippen LogP contribution in [0.15, 0.2) is 30.3 Å². The van der Waals surface area contributed by atoms with Crippen LogP contribution in [0.2, 0.25) is 0 Å². The first-order valence-electron chi connectivity index (χ1n) is 6.21. The van der Waals surface area contributed by atoms with Crippen molar-refractivity contribution in [3.63, 3.8) is 0 Å². The number of rotatable bonds is 4. The van der Waals surface area contributed by atoms with Gasteiger partial charge in [-0.1, -0.05) is 18.2 Å². The van der Waals surface area contributed by atoms with E-state index in [1.54, 1.807) is 30.3 Å². The molecule has 1 aliphatic rings. The highest BCUT2D eigenvalue weighted by Gasteiger charge is 2.46. The third-order valence-electron chi connectivity index (χ3n) is 3.21. The molecule has 0 bridgehead atoms. The minimum atomic E-state index is -1.45. The predicted molar refractivity (Wildman–Crippen MR) is 67.7 cm³/mol. The maximum atomic E-state index is 11.9. The topological polar surface area (TPSA) is 119 Å². The molecule has 1 saturated heterocycles. The van der Waals surface area contributed by atoms with Crippen LogP contribution in [0, 0.1) is 0 Å². The summed E-state index contributed by atoms with van der Waals surface area (Å²) >= 11 is 0. The van der Waals surface area contributed by atoms with Crippen molar-refractivity contribution in [3.05, 3.63) is 35.9 Å². The van der Waals surface area contributed by atoms with E-state index in [2.05, 4.69) is 5.32 Å². The molecule has 0 spiro atoms. The molecule has 1 aromatic carbocycles. The number of nitrogens with one attached hydrogen (secondary N) is 1. The van der Waals surface area contributed by atoms with Gasteiger partial charge in [0.25, 0.3) is 5.91 Å². The highest BCUT2D eigenvalue weighted by atomic mass is 16.6. The molecule has 0 aliphatic carbocycles. The quantitative estimate of drug-likeness (QED) is 0.445. The minimum Gasteiger partial charge on any atom is -0.394 e. The van der Waals surface area contributed by atoms with Gasteiger partial charge in [-0.05, 0) is 12.1 Å². The van der Waals surface area contributed by atoms with Crippen molar-refractivity contribution in [3.8, 4) is 0 Å². The van der Waals surface area contributed by atoms with Crippen molar-refractivity contribution in [1.82, 2.24) is 5.32 Å². The van der Waals surface area contributed by atoms with Crippen LogP contribution in [0.25, 0.3) is 0 Å². The summed E-state index contributed by atoms with van der Waals surface area (Å²) in [6.07, 6.45) is -5.27. The number of hydrogen-bond acceptors (Lipinski definition) is 6. The number of hydrogen-bond donors (Lipinski definition) is 5. The van der Waals surface area contributed by atoms with Crippen molar-refractivity contribution in [2.75, 3.05) is 6.61 Å². The van der Waals surface area contributed by atoms with Crippen molar-refractivity contribution in [2.45, 2.75) is 30.6 Å². The van der Waals surface area contributed by atoms with Gasteiger partial charge in [-0.3, -0.25) is 4.79 Å². The van der Waals surface area contributed by atoms with Gasteiger partial charge in [-0.25, -0.2) is 0 Å². The molecule has 1 heterocycles. The Kier molecular flexibility index (Phi) is 4.69. The van der Waals surface area contributed by atoms with E-state index < -0.39 is 43.2 Å². The van der Waals surface area contributed by atoms with Gasteiger partial charge in [-0.2, -0.15) is 0 Å². The Bertz CT molecular complexity index is 453. The molecule has 1 aliphatic heterocycles. The standard InChI is InChI=1S/C13H17NO6/c15-6-8(16)11-10(17)9(13(19)20-11)14-12(18)7-4-2-1-3-5-7/h1-5,8-11,13,15-17,19H,6H2,(H,14,18)/t8-,9+,10+,11+,13+/m0/s1. The van der Waals surface area contributed by atoms with E-state index >= 15 is 0 Å². The number of aliphatic hydroxyl groups is 4. The lowest BCUT2D eigenvalue weighted by atomic mass is 10.0. The largest absolute Gasteiger partial charge is 0.394 e. The fourth-order valence-corrected chi connectivity index (χ4v) is 2.10. The number of carbonyl (C=O) groups is 1. The normalized spacial score (nSPS) is 31.0. The third-order valence-corrected chi connectivity index (χ3v) is 3.21. The predicted octanol–water partition coefficient (Wildman–Crippen LogP) is -1.78. The monoisotopic (exact) mass is 283 g/mol. The van der Waals surface area contributed by atoms with Gasteiger partial charge in [0.1, 0.15) is 24.4 Å². The Balaban J connectivity index is 2.04. The van der Waals surface area contributed by atoms with Crippen LogP contribution in [0.5, 0.6) is 0 Å². The molecule has 0 radical (unpaired) electrons. The van der Waals surface area contributed by atoms with Gasteiger partial charge in [-0.15, -0.1) is 0 Å². The molecule has 7 heteroatoms. The van der Waals surface area contributed by atoms with Gasteiger partial charge in [0.15, 0.2) is 6.29 Å². The molecule has 5 atom stereocenters. The van der Waals surface area contributed by atoms with E-state index in [0.717, 1.165) is 0 Å². The van der Waals surface area contributed by atoms with Crippen LogP contribution in [0.4, 0.5) is 0 Å². The molecule has 20 heavy (non-hydrogen) atoms. The average molecular weight is 283 g/mol. The Morgan fingerprint density at radius 2 is 1.95 bits per heavy atom. The Morgan fingerprint density at radius 3 is 2.55 bits per heavy atom. The van der Waals surface area contributed by atoms with E-state index in [4.69, 9.17) is 9.84 Å². The molecule has 7 nitrogen and oxygen atoms in total. The molecule has 110 valence electrons. The summed E-state index contributed by atoms with van der Waals surface area (Å²) in [4.78, 5) is 11.9. The summed E-state index contributed by atoms with van der Waals surface area (Å²) in [5, 5.41) is 40.4. The van der Waals surface area contributed by atoms with Gasteiger partial charge in [0.2, 0.25) is 0 Å². The zero-order valence-corrected chi connectivity index (χ0v) is 10.6. The second-order valence-electron chi connectivity index (χ2n) is 4.60. The van der Waals surface area contributed by atoms with Crippen molar-refractivity contribution in [1.29, 1.82) is 0 Å². The first kappa shape index (κ1) is 14.9. The molecular formula is C13H17NO6. The molecular weight excluding hydrogens is 266 g/mol. The molecule has 0 aromatic heterocycles. The maximum Gasteiger partial charge on any atom is 0.251 e. The Hall–Kier alpha value is -1.51. The first-order valence-corrected chi connectivity index (χ1v) is 6.21. The lowest BCUT2D eigenvalue weighted by Crippen LogP contribution is -2.49. The zero-order valence-electron chi connectivity index (χ0n) is 10.6. The van der Waals surface area contributed by atoms with E-state index in [1.807, 2.05) is 0 Å². The number of benzene rings is 1. The highest BCUT2D eigenvalue weighted by Crippen LogP contribution is 2.22. The van der Waals surface area contributed by atoms with Gasteiger partial charge in [0, 0.05) is 5.56 Å². The van der Waals surface area contributed by atoms with Crippen LogP contribution in [0.1, 0.15) is 10.4 Å². The van der Waals surface area contributed by atoms with E-state index in [-0.39, 0.29) is 0 Å². The minimum absolute atomic E-state index is 0.373. The lowest BCUT2D eigenvalue weighted by molar-refractivity contribution is -0.139. The van der Waals surface area contributed by atoms with Gasteiger partial charge < -0.3 is 30.5 Å². The molecule has 1 aromatic rings. The van der Waals surface area contributed by atoms with Crippen LogP contribution in [0.3, 0.4) is 0 Å². The molecule has 5 N–H and O–H groups in total. The smallest absolute Gasteiger partial charge is 0.251 e. The van der Waals surface area contributed by atoms with Crippen molar-refractivity contribution < 1.29 is 30.0 Å². The highest BCUT2D eigenvalue weighted by molar-refractivity contribution is 5.94. The summed E-state index contributed by atoms with van der Waals surface area (Å²) in [7, 11) is 0. The lowest BCUT2D eigenvalue weighted by Gasteiger charge is -2.21. The number of ether oxygens (including phenoxy) is 1. The van der Waals surface area contributed by atoms with Crippen LogP contribution < -0.4 is 5.32 Å². The number of aliphatic hydroxyl groups excluding tert-OH is 4. The fourth-order valence-electron chi connectivity index (χ4n) is 2.10. The SMILES string of the molecule is O=C(N[C@@H]1[C@@H](O)[C@@H]([C@@H](O)CO)O[C@H]1O)c1ccccc1. The third kappa shape index (κ3) is 2.97. The van der Waals surface area contributed by atoms with Gasteiger partial charge >= 0.3 is 0 Å². The average Bonchev–Trinajstić information content (AvgIpc) is 2.75. The second kappa shape index (κ2) is 6.29. The zero-order chi connectivity index (χ0) is 14.7. The van der Waals surface area contributed by atoms with E-state index in [9.17, 15) is 20.1 Å². The molecule has 1 amide bonds. The second-order valence-corrected chi connectivity index (χ2v) is 4.60. The first-order chi connectivity index (χ1) is 9.54. The van der Waals surface area contributed by atoms with Crippen LogP contribution in [-0.2, 0) is 4.74 Å². The molecule has 2 rings (SSSR count). The summed E-state index contributed by atoms with van der Waals surface area (Å²) < 4.78 is 4.96. The Morgan fingerprint density at radius 1 is 1.30 bits per heavy atom. The number of carbonyl (C=O) groups excluding carboxylic acids is 1. The number of amides is 1. The van der Waals surface area contributed by atoms with E-state index in [1.165, 1.54) is 0 Å². The summed E-state index contributed by atoms with van der Waals surface area (Å²) in [5.74, 6) is -0.476. The van der Waals surface area contributed by atoms with Crippen molar-refractivity contribution >= 4 is 5.91 Å². The maximum absolute atomic E-state index is 11.9. The van der Waals surface area contributed by atoms with Gasteiger partial charge in [0.05, 0.1) is 6.61 Å². The van der Waals surface area contributed by atoms with Crippen LogP contribution in [-0.4, -0.2) is 63.6 Å². The van der Waals surface area contributed by atoms with Crippen LogP contribution >= 0.6 is 0 Å². The van der Waals surface area contributed by atoms with Crippen molar-refractivity contribution in [2.24, 2.45) is 0 Å². The molecule has 1 fully saturated rings. The molecule has 0 saturated carbocycles. The summed E-state index contributed by atoms with van der Waals surface area (Å²) in [6.45, 7) is -0.617. The Labute approximate surface area is 115 Å². The summed E-state index contributed by atoms with van der Waals surface area (Å²) in [6, 6.07) is 7.23. The molecule has 0 unspecified atom stereocenters. The fraction of sp³-hybridized carbons (Fsp3) is 0.462. The summed E-state index contributed by atoms with van der Waals surface area (Å²) in [5.41, 5.74) is 0.373.